The van der Waals surface area contributed by atoms with Gasteiger partial charge in [-0.05, 0) is 34.2 Å². The predicted molar refractivity (Wildman–Crippen MR) is 163 cm³/mol. The summed E-state index contributed by atoms with van der Waals surface area (Å²) in [5, 5.41) is 2.29. The van der Waals surface area contributed by atoms with Crippen LogP contribution in [0.4, 0.5) is 0 Å². The van der Waals surface area contributed by atoms with E-state index in [9.17, 15) is 0 Å². The molecule has 0 saturated heterocycles. The maximum Gasteiger partial charge on any atom is 0.160 e. The predicted octanol–water partition coefficient (Wildman–Crippen LogP) is 9.16. The molecule has 0 aliphatic carbocycles. The van der Waals surface area contributed by atoms with E-state index in [4.69, 9.17) is 9.97 Å². The Morgan fingerprint density at radius 3 is 1.78 bits per heavy atom. The van der Waals surface area contributed by atoms with Crippen molar-refractivity contribution in [3.63, 3.8) is 0 Å². The zero-order valence-corrected chi connectivity index (χ0v) is 24.4. The maximum atomic E-state index is 4.96. The number of fused-ring (bicyclic) bond motifs is 1. The summed E-state index contributed by atoms with van der Waals surface area (Å²) >= 11 is 0. The van der Waals surface area contributed by atoms with Gasteiger partial charge >= 0.3 is 0 Å². The Labute approximate surface area is 253 Å². The van der Waals surface area contributed by atoms with E-state index in [-0.39, 0.29) is 20.1 Å². The van der Waals surface area contributed by atoms with Gasteiger partial charge in [0.25, 0.3) is 0 Å². The molecule has 5 aromatic carbocycles. The molecule has 0 N–H and O–H groups in total. The summed E-state index contributed by atoms with van der Waals surface area (Å²) in [5.74, 6) is 0.703. The maximum absolute atomic E-state index is 4.96. The van der Waals surface area contributed by atoms with Crippen LogP contribution in [-0.4, -0.2) is 15.0 Å². The van der Waals surface area contributed by atoms with Crippen LogP contribution in [0.3, 0.4) is 0 Å². The van der Waals surface area contributed by atoms with Crippen molar-refractivity contribution < 1.29 is 20.1 Å². The SMILES string of the molecule is [Ir].[c-]1ccc(-c2ccc(-c3nc(-c4ccccc4)cc(-c4ccccc4)n3)cc2)cc1-c1nccc2ccccc12. The Hall–Kier alpha value is -4.76. The van der Waals surface area contributed by atoms with Crippen LogP contribution in [0.15, 0.2) is 146 Å². The molecule has 1 radical (unpaired) electrons. The molecule has 3 nitrogen and oxygen atoms in total. The van der Waals surface area contributed by atoms with Crippen molar-refractivity contribution in [3.8, 4) is 56.3 Å². The molecule has 0 aliphatic rings. The van der Waals surface area contributed by atoms with Crippen molar-refractivity contribution in [1.29, 1.82) is 0 Å². The summed E-state index contributed by atoms with van der Waals surface area (Å²) < 4.78 is 0. The Balaban J connectivity index is 0.00000302. The van der Waals surface area contributed by atoms with E-state index in [1.54, 1.807) is 0 Å². The third kappa shape index (κ3) is 5.49. The second kappa shape index (κ2) is 11.8. The van der Waals surface area contributed by atoms with Gasteiger partial charge in [0, 0.05) is 43.0 Å². The number of hydrogen-bond donors (Lipinski definition) is 0. The molecule has 0 fully saturated rings. The second-order valence-corrected chi connectivity index (χ2v) is 9.64. The van der Waals surface area contributed by atoms with Crippen LogP contribution in [0.2, 0.25) is 0 Å². The zero-order chi connectivity index (χ0) is 26.7. The molecule has 4 heteroatoms. The van der Waals surface area contributed by atoms with Crippen LogP contribution in [0.25, 0.3) is 67.1 Å². The molecule has 0 unspecified atom stereocenters. The number of hydrogen-bond acceptors (Lipinski definition) is 3. The minimum atomic E-state index is 0. The molecule has 41 heavy (non-hydrogen) atoms. The van der Waals surface area contributed by atoms with Gasteiger partial charge in [-0.2, -0.15) is 0 Å². The molecule has 0 aliphatic heterocycles. The number of nitrogens with zero attached hydrogens (tertiary/aromatic N) is 3. The molecule has 7 rings (SSSR count). The van der Waals surface area contributed by atoms with Gasteiger partial charge in [0.15, 0.2) is 5.82 Å². The van der Waals surface area contributed by atoms with E-state index < -0.39 is 0 Å². The number of rotatable bonds is 5. The summed E-state index contributed by atoms with van der Waals surface area (Å²) in [4.78, 5) is 14.6. The Bertz CT molecular complexity index is 1870. The van der Waals surface area contributed by atoms with Crippen molar-refractivity contribution in [2.75, 3.05) is 0 Å². The largest absolute Gasteiger partial charge is 0.304 e. The summed E-state index contributed by atoms with van der Waals surface area (Å²) in [6.07, 6.45) is 1.86. The monoisotopic (exact) mass is 703 g/mol. The van der Waals surface area contributed by atoms with Gasteiger partial charge in [0.05, 0.1) is 11.4 Å². The normalized spacial score (nSPS) is 10.7. The summed E-state index contributed by atoms with van der Waals surface area (Å²) in [6.45, 7) is 0. The third-order valence-electron chi connectivity index (χ3n) is 7.07. The third-order valence-corrected chi connectivity index (χ3v) is 7.07. The van der Waals surface area contributed by atoms with Crippen LogP contribution in [0, 0.1) is 6.07 Å². The van der Waals surface area contributed by atoms with Gasteiger partial charge in [-0.15, -0.1) is 35.4 Å². The number of aromatic nitrogens is 3. The first kappa shape index (κ1) is 26.5. The molecule has 2 heterocycles. The van der Waals surface area contributed by atoms with Crippen molar-refractivity contribution in [3.05, 3.63) is 152 Å². The quantitative estimate of drug-likeness (QED) is 0.168. The molecule has 0 bridgehead atoms. The fourth-order valence-electron chi connectivity index (χ4n) is 5.02. The van der Waals surface area contributed by atoms with Crippen LogP contribution < -0.4 is 0 Å². The van der Waals surface area contributed by atoms with Crippen molar-refractivity contribution in [2.24, 2.45) is 0 Å². The van der Waals surface area contributed by atoms with Crippen LogP contribution in [0.5, 0.6) is 0 Å². The molecular weight excluding hydrogens is 679 g/mol. The first-order chi connectivity index (χ1) is 19.8. The Kier molecular flexibility index (Phi) is 7.60. The molecule has 0 saturated carbocycles. The molecule has 0 amide bonds. The Morgan fingerprint density at radius 1 is 0.488 bits per heavy atom. The van der Waals surface area contributed by atoms with Crippen LogP contribution in [-0.2, 0) is 20.1 Å². The van der Waals surface area contributed by atoms with Gasteiger partial charge in [-0.25, -0.2) is 9.97 Å². The smallest absolute Gasteiger partial charge is 0.160 e. The molecule has 0 atom stereocenters. The van der Waals surface area contributed by atoms with Gasteiger partial charge in [-0.3, -0.25) is 0 Å². The fraction of sp³-hybridized carbons (Fsp3) is 0. The van der Waals surface area contributed by atoms with E-state index in [0.717, 1.165) is 55.8 Å². The second-order valence-electron chi connectivity index (χ2n) is 9.64. The summed E-state index contributed by atoms with van der Waals surface area (Å²) in [5.41, 5.74) is 9.04. The summed E-state index contributed by atoms with van der Waals surface area (Å²) in [7, 11) is 0. The van der Waals surface area contributed by atoms with Gasteiger partial charge < -0.3 is 4.98 Å². The molecule has 2 aromatic heterocycles. The molecule has 197 valence electrons. The molecular formula is C37H24IrN3-. The topological polar surface area (TPSA) is 38.7 Å². The van der Waals surface area contributed by atoms with Gasteiger partial charge in [-0.1, -0.05) is 109 Å². The first-order valence-electron chi connectivity index (χ1n) is 13.3. The van der Waals surface area contributed by atoms with Crippen molar-refractivity contribution in [2.45, 2.75) is 0 Å². The number of benzene rings is 5. The van der Waals surface area contributed by atoms with Gasteiger partial charge in [0.2, 0.25) is 0 Å². The van der Waals surface area contributed by atoms with E-state index in [1.807, 2.05) is 60.8 Å². The minimum Gasteiger partial charge on any atom is -0.304 e. The first-order valence-corrected chi connectivity index (χ1v) is 13.3. The number of pyridine rings is 1. The summed E-state index contributed by atoms with van der Waals surface area (Å²) in [6, 6.07) is 51.0. The average Bonchev–Trinajstić information content (AvgIpc) is 3.05. The van der Waals surface area contributed by atoms with Gasteiger partial charge in [0.1, 0.15) is 0 Å². The minimum absolute atomic E-state index is 0. The zero-order valence-electron chi connectivity index (χ0n) is 22.0. The fourth-order valence-corrected chi connectivity index (χ4v) is 5.02. The van der Waals surface area contributed by atoms with Crippen LogP contribution >= 0.6 is 0 Å². The molecule has 0 spiro atoms. The van der Waals surface area contributed by atoms with E-state index in [0.29, 0.717) is 5.82 Å². The van der Waals surface area contributed by atoms with Crippen molar-refractivity contribution in [1.82, 2.24) is 15.0 Å². The van der Waals surface area contributed by atoms with E-state index >= 15 is 0 Å². The van der Waals surface area contributed by atoms with E-state index in [1.165, 1.54) is 5.39 Å². The Morgan fingerprint density at radius 2 is 1.10 bits per heavy atom. The molecule has 7 aromatic rings. The average molecular weight is 703 g/mol. The standard InChI is InChI=1S/C37H24N3.Ir/c1-3-11-28(12-4-1)34-25-35(29-13-5-2-6-14-29)40-37(39-34)30-20-18-26(19-21-30)31-15-9-16-32(24-31)36-33-17-8-7-10-27(33)22-23-38-36;/h1-15,17-25H;/q-1;. The van der Waals surface area contributed by atoms with Crippen molar-refractivity contribution >= 4 is 10.8 Å². The van der Waals surface area contributed by atoms with Crippen LogP contribution in [0.1, 0.15) is 0 Å². The van der Waals surface area contributed by atoms with E-state index in [2.05, 4.69) is 96.0 Å².